The van der Waals surface area contributed by atoms with Gasteiger partial charge in [0.1, 0.15) is 11.6 Å². The van der Waals surface area contributed by atoms with Crippen LogP contribution in [0.5, 0.6) is 5.75 Å². The number of benzene rings is 2. The average molecular weight is 310 g/mol. The highest BCUT2D eigenvalue weighted by Crippen LogP contribution is 2.25. The number of phenolic OH excluding ortho intramolecular Hbond substituents is 1. The quantitative estimate of drug-likeness (QED) is 0.877. The van der Waals surface area contributed by atoms with Crippen molar-refractivity contribution in [1.82, 2.24) is 0 Å². The first-order valence-corrected chi connectivity index (χ1v) is 6.36. The second kappa shape index (κ2) is 5.40. The second-order valence-electron chi connectivity index (χ2n) is 4.09. The lowest BCUT2D eigenvalue weighted by molar-refractivity contribution is 0.474. The topological polar surface area (TPSA) is 32.3 Å². The summed E-state index contributed by atoms with van der Waals surface area (Å²) in [4.78, 5) is 0. The monoisotopic (exact) mass is 309 g/mol. The first kappa shape index (κ1) is 12.9. The molecule has 0 bridgehead atoms. The minimum Gasteiger partial charge on any atom is -0.508 e. The van der Waals surface area contributed by atoms with Gasteiger partial charge in [0, 0.05) is 10.5 Å². The summed E-state index contributed by atoms with van der Waals surface area (Å²) in [5, 5.41) is 12.5. The Morgan fingerprint density at radius 1 is 1.22 bits per heavy atom. The van der Waals surface area contributed by atoms with Crippen molar-refractivity contribution in [3.05, 3.63) is 58.3 Å². The number of hydrogen-bond acceptors (Lipinski definition) is 2. The van der Waals surface area contributed by atoms with Gasteiger partial charge in [-0.2, -0.15) is 0 Å². The Hall–Kier alpha value is -1.55. The molecule has 0 aliphatic carbocycles. The van der Waals surface area contributed by atoms with Crippen LogP contribution in [-0.4, -0.2) is 5.11 Å². The number of hydrogen-bond donors (Lipinski definition) is 2. The van der Waals surface area contributed by atoms with Gasteiger partial charge in [-0.15, -0.1) is 0 Å². The van der Waals surface area contributed by atoms with Crippen molar-refractivity contribution in [1.29, 1.82) is 0 Å². The highest BCUT2D eigenvalue weighted by Gasteiger charge is 2.09. The molecule has 0 aliphatic heterocycles. The molecule has 0 fully saturated rings. The van der Waals surface area contributed by atoms with Crippen LogP contribution in [0.25, 0.3) is 0 Å². The van der Waals surface area contributed by atoms with E-state index in [4.69, 9.17) is 0 Å². The highest BCUT2D eigenvalue weighted by atomic mass is 79.9. The van der Waals surface area contributed by atoms with Gasteiger partial charge in [-0.1, -0.05) is 28.1 Å². The van der Waals surface area contributed by atoms with Gasteiger partial charge in [-0.3, -0.25) is 0 Å². The number of aromatic hydroxyl groups is 1. The Morgan fingerprint density at radius 3 is 2.67 bits per heavy atom. The molecule has 0 amide bonds. The third kappa shape index (κ3) is 3.01. The molecule has 0 radical (unpaired) electrons. The average Bonchev–Trinajstić information content (AvgIpc) is 2.32. The van der Waals surface area contributed by atoms with E-state index in [9.17, 15) is 9.50 Å². The van der Waals surface area contributed by atoms with Crippen molar-refractivity contribution in [2.75, 3.05) is 5.32 Å². The zero-order chi connectivity index (χ0) is 13.1. The largest absolute Gasteiger partial charge is 0.508 e. The van der Waals surface area contributed by atoms with E-state index >= 15 is 0 Å². The predicted octanol–water partition coefficient (Wildman–Crippen LogP) is 4.47. The Labute approximate surface area is 114 Å². The van der Waals surface area contributed by atoms with E-state index in [-0.39, 0.29) is 17.6 Å². The van der Waals surface area contributed by atoms with Gasteiger partial charge >= 0.3 is 0 Å². The fourth-order valence-corrected chi connectivity index (χ4v) is 2.05. The number of anilines is 1. The van der Waals surface area contributed by atoms with Crippen molar-refractivity contribution in [2.45, 2.75) is 13.0 Å². The van der Waals surface area contributed by atoms with Gasteiger partial charge in [0.2, 0.25) is 0 Å². The van der Waals surface area contributed by atoms with E-state index in [1.54, 1.807) is 30.3 Å². The molecule has 1 atom stereocenters. The van der Waals surface area contributed by atoms with Crippen molar-refractivity contribution in [2.24, 2.45) is 0 Å². The van der Waals surface area contributed by atoms with Crippen LogP contribution < -0.4 is 5.32 Å². The van der Waals surface area contributed by atoms with Crippen molar-refractivity contribution in [3.8, 4) is 5.75 Å². The van der Waals surface area contributed by atoms with Crippen LogP contribution in [0, 0.1) is 5.82 Å². The van der Waals surface area contributed by atoms with Gasteiger partial charge in [0.05, 0.1) is 5.69 Å². The molecule has 1 unspecified atom stereocenters. The maximum absolute atomic E-state index is 13.7. The zero-order valence-electron chi connectivity index (χ0n) is 9.82. The highest BCUT2D eigenvalue weighted by molar-refractivity contribution is 9.10. The Balaban J connectivity index is 2.18. The minimum atomic E-state index is -0.309. The summed E-state index contributed by atoms with van der Waals surface area (Å²) in [6.45, 7) is 1.91. The van der Waals surface area contributed by atoms with E-state index in [0.717, 1.165) is 5.56 Å². The molecule has 4 heteroatoms. The fourth-order valence-electron chi connectivity index (χ4n) is 1.72. The van der Waals surface area contributed by atoms with E-state index < -0.39 is 0 Å². The molecule has 0 heterocycles. The molecule has 94 valence electrons. The van der Waals surface area contributed by atoms with Crippen LogP contribution in [-0.2, 0) is 0 Å². The lowest BCUT2D eigenvalue weighted by Crippen LogP contribution is -2.07. The summed E-state index contributed by atoms with van der Waals surface area (Å²) in [5.41, 5.74) is 1.34. The normalized spacial score (nSPS) is 12.2. The first-order chi connectivity index (χ1) is 8.56. The molecular weight excluding hydrogens is 297 g/mol. The zero-order valence-corrected chi connectivity index (χ0v) is 11.4. The van der Waals surface area contributed by atoms with Crippen LogP contribution in [0.2, 0.25) is 0 Å². The number of phenols is 1. The third-order valence-corrected chi connectivity index (χ3v) is 3.17. The summed E-state index contributed by atoms with van der Waals surface area (Å²) < 4.78 is 14.4. The maximum Gasteiger partial charge on any atom is 0.147 e. The van der Waals surface area contributed by atoms with E-state index in [0.29, 0.717) is 10.2 Å². The molecule has 0 saturated carbocycles. The standard InChI is InChI=1S/C14H13BrFNO/c1-9(10-3-2-4-12(18)7-10)17-14-6-5-11(15)8-13(14)16/h2-9,17-18H,1H3. The molecule has 0 aromatic heterocycles. The lowest BCUT2D eigenvalue weighted by Gasteiger charge is -2.16. The van der Waals surface area contributed by atoms with Gasteiger partial charge in [0.25, 0.3) is 0 Å². The SMILES string of the molecule is CC(Nc1ccc(Br)cc1F)c1cccc(O)c1. The Morgan fingerprint density at radius 2 is 2.00 bits per heavy atom. The van der Waals surface area contributed by atoms with Gasteiger partial charge in [0.15, 0.2) is 0 Å². The second-order valence-corrected chi connectivity index (χ2v) is 5.00. The maximum atomic E-state index is 13.7. The fraction of sp³-hybridized carbons (Fsp3) is 0.143. The molecule has 2 aromatic carbocycles. The first-order valence-electron chi connectivity index (χ1n) is 5.57. The van der Waals surface area contributed by atoms with Crippen LogP contribution in [0.3, 0.4) is 0 Å². The van der Waals surface area contributed by atoms with Crippen molar-refractivity contribution in [3.63, 3.8) is 0 Å². The van der Waals surface area contributed by atoms with Gasteiger partial charge in [-0.05, 0) is 42.8 Å². The number of nitrogens with one attached hydrogen (secondary N) is 1. The molecule has 2 nitrogen and oxygen atoms in total. The molecule has 2 rings (SSSR count). The summed E-state index contributed by atoms with van der Waals surface area (Å²) >= 11 is 3.22. The Kier molecular flexibility index (Phi) is 3.87. The van der Waals surface area contributed by atoms with E-state index in [1.807, 2.05) is 13.0 Å². The molecule has 18 heavy (non-hydrogen) atoms. The lowest BCUT2D eigenvalue weighted by atomic mass is 10.1. The molecule has 2 aromatic rings. The molecule has 2 N–H and O–H groups in total. The number of rotatable bonds is 3. The molecule has 0 saturated heterocycles. The summed E-state index contributed by atoms with van der Waals surface area (Å²) in [7, 11) is 0. The van der Waals surface area contributed by atoms with Crippen LogP contribution >= 0.6 is 15.9 Å². The molecular formula is C14H13BrFNO. The predicted molar refractivity (Wildman–Crippen MR) is 74.2 cm³/mol. The number of halogens is 2. The summed E-state index contributed by atoms with van der Waals surface area (Å²) in [5.74, 6) is -0.103. The Bertz CT molecular complexity index is 559. The van der Waals surface area contributed by atoms with Crippen LogP contribution in [0.15, 0.2) is 46.9 Å². The minimum absolute atomic E-state index is 0.0900. The molecule has 0 spiro atoms. The summed E-state index contributed by atoms with van der Waals surface area (Å²) in [6.07, 6.45) is 0. The van der Waals surface area contributed by atoms with Gasteiger partial charge < -0.3 is 10.4 Å². The molecule has 0 aliphatic rings. The van der Waals surface area contributed by atoms with E-state index in [2.05, 4.69) is 21.2 Å². The third-order valence-electron chi connectivity index (χ3n) is 2.67. The van der Waals surface area contributed by atoms with Crippen molar-refractivity contribution < 1.29 is 9.50 Å². The van der Waals surface area contributed by atoms with Crippen LogP contribution in [0.4, 0.5) is 10.1 Å². The summed E-state index contributed by atoms with van der Waals surface area (Å²) in [6, 6.07) is 11.7. The van der Waals surface area contributed by atoms with Crippen molar-refractivity contribution >= 4 is 21.6 Å². The van der Waals surface area contributed by atoms with E-state index in [1.165, 1.54) is 6.07 Å². The van der Waals surface area contributed by atoms with Crippen LogP contribution in [0.1, 0.15) is 18.5 Å². The smallest absolute Gasteiger partial charge is 0.147 e. The van der Waals surface area contributed by atoms with Gasteiger partial charge in [-0.25, -0.2) is 4.39 Å².